The highest BCUT2D eigenvalue weighted by Crippen LogP contribution is 2.18. The third-order valence-corrected chi connectivity index (χ3v) is 1.83. The normalized spacial score (nSPS) is 17.7. The molecule has 0 fully saturated rings. The van der Waals surface area contributed by atoms with Crippen molar-refractivity contribution in [3.8, 4) is 11.8 Å². The molecule has 2 heteroatoms. The molecule has 74 valence electrons. The number of carbonyl (C=O) groups excluding carboxylic acids is 1. The van der Waals surface area contributed by atoms with E-state index in [0.717, 1.165) is 6.42 Å². The first kappa shape index (κ1) is 10.7. The minimum Gasteiger partial charge on any atom is -0.355 e. The summed E-state index contributed by atoms with van der Waals surface area (Å²) in [6.45, 7) is 4.46. The van der Waals surface area contributed by atoms with Crippen molar-refractivity contribution in [2.75, 3.05) is 6.61 Å². The van der Waals surface area contributed by atoms with Crippen LogP contribution in [0.25, 0.3) is 0 Å². The minimum atomic E-state index is -0.682. The lowest BCUT2D eigenvalue weighted by Gasteiger charge is -2.22. The summed E-state index contributed by atoms with van der Waals surface area (Å²) < 4.78 is 5.52. The Kier molecular flexibility index (Phi) is 3.67. The molecule has 0 bridgehead atoms. The van der Waals surface area contributed by atoms with Crippen molar-refractivity contribution >= 4 is 5.78 Å². The van der Waals surface area contributed by atoms with E-state index in [9.17, 15) is 4.79 Å². The molecule has 0 aromatic rings. The van der Waals surface area contributed by atoms with Crippen LogP contribution in [0.5, 0.6) is 0 Å². The number of carbonyl (C=O) groups is 1. The molecule has 0 saturated carbocycles. The van der Waals surface area contributed by atoms with Crippen LogP contribution in [0, 0.1) is 11.8 Å². The lowest BCUT2D eigenvalue weighted by molar-refractivity contribution is -0.110. The maximum Gasteiger partial charge on any atom is 0.178 e. The van der Waals surface area contributed by atoms with Gasteiger partial charge in [0, 0.05) is 13.0 Å². The summed E-state index contributed by atoms with van der Waals surface area (Å²) >= 11 is 0. The molecule has 0 spiro atoms. The highest BCUT2D eigenvalue weighted by Gasteiger charge is 2.24. The third-order valence-electron chi connectivity index (χ3n) is 1.83. The van der Waals surface area contributed by atoms with E-state index in [1.807, 2.05) is 13.8 Å². The average Bonchev–Trinajstić information content (AvgIpc) is 2.20. The van der Waals surface area contributed by atoms with E-state index in [2.05, 4.69) is 11.8 Å². The second-order valence-electron chi connectivity index (χ2n) is 2.95. The number of rotatable bonds is 2. The molecule has 1 aliphatic carbocycles. The first-order chi connectivity index (χ1) is 6.72. The van der Waals surface area contributed by atoms with Crippen molar-refractivity contribution in [2.45, 2.75) is 25.9 Å². The van der Waals surface area contributed by atoms with Crippen LogP contribution in [0.3, 0.4) is 0 Å². The van der Waals surface area contributed by atoms with Crippen LogP contribution < -0.4 is 0 Å². The van der Waals surface area contributed by atoms with Gasteiger partial charge < -0.3 is 4.74 Å². The summed E-state index contributed by atoms with van der Waals surface area (Å²) in [7, 11) is 0. The van der Waals surface area contributed by atoms with Crippen LogP contribution in [0.2, 0.25) is 0 Å². The number of allylic oxidation sites excluding steroid dienone is 2. The SMILES string of the molecule is CCC#CC1(OCC)C=CC(=O)C=C1. The van der Waals surface area contributed by atoms with E-state index < -0.39 is 5.60 Å². The summed E-state index contributed by atoms with van der Waals surface area (Å²) in [5, 5.41) is 0. The molecule has 14 heavy (non-hydrogen) atoms. The molecule has 0 aromatic heterocycles. The molecule has 0 N–H and O–H groups in total. The Morgan fingerprint density at radius 2 is 2.00 bits per heavy atom. The monoisotopic (exact) mass is 190 g/mol. The summed E-state index contributed by atoms with van der Waals surface area (Å²) in [5.74, 6) is 5.96. The van der Waals surface area contributed by atoms with E-state index in [4.69, 9.17) is 4.74 Å². The Balaban J connectivity index is 2.89. The Morgan fingerprint density at radius 3 is 2.50 bits per heavy atom. The lowest BCUT2D eigenvalue weighted by Crippen LogP contribution is -2.28. The van der Waals surface area contributed by atoms with Gasteiger partial charge in [0.05, 0.1) is 0 Å². The highest BCUT2D eigenvalue weighted by atomic mass is 16.5. The molecule has 0 heterocycles. The summed E-state index contributed by atoms with van der Waals surface area (Å²) in [5.41, 5.74) is -0.682. The van der Waals surface area contributed by atoms with Crippen molar-refractivity contribution in [1.29, 1.82) is 0 Å². The van der Waals surface area contributed by atoms with E-state index in [0.29, 0.717) is 6.61 Å². The van der Waals surface area contributed by atoms with Gasteiger partial charge in [-0.15, -0.1) is 0 Å². The maximum absolute atomic E-state index is 11.0. The fourth-order valence-electron chi connectivity index (χ4n) is 1.20. The molecular formula is C12H14O2. The van der Waals surface area contributed by atoms with Crippen LogP contribution in [0.1, 0.15) is 20.3 Å². The third kappa shape index (κ3) is 2.58. The first-order valence-electron chi connectivity index (χ1n) is 4.79. The fourth-order valence-corrected chi connectivity index (χ4v) is 1.20. The highest BCUT2D eigenvalue weighted by molar-refractivity contribution is 6.00. The topological polar surface area (TPSA) is 26.3 Å². The minimum absolute atomic E-state index is 0.0152. The van der Waals surface area contributed by atoms with Crippen molar-refractivity contribution in [1.82, 2.24) is 0 Å². The molecule has 0 aromatic carbocycles. The second kappa shape index (κ2) is 4.78. The summed E-state index contributed by atoms with van der Waals surface area (Å²) in [4.78, 5) is 11.0. The van der Waals surface area contributed by atoms with Crippen molar-refractivity contribution in [2.24, 2.45) is 0 Å². The van der Waals surface area contributed by atoms with Gasteiger partial charge in [-0.25, -0.2) is 0 Å². The summed E-state index contributed by atoms with van der Waals surface area (Å²) in [6.07, 6.45) is 7.20. The largest absolute Gasteiger partial charge is 0.355 e. The number of hydrogen-bond acceptors (Lipinski definition) is 2. The van der Waals surface area contributed by atoms with Crippen LogP contribution >= 0.6 is 0 Å². The van der Waals surface area contributed by atoms with Gasteiger partial charge in [-0.05, 0) is 31.2 Å². The Morgan fingerprint density at radius 1 is 1.36 bits per heavy atom. The van der Waals surface area contributed by atoms with E-state index in [-0.39, 0.29) is 5.78 Å². The molecule has 0 amide bonds. The van der Waals surface area contributed by atoms with E-state index in [1.54, 1.807) is 12.2 Å². The van der Waals surface area contributed by atoms with Crippen molar-refractivity contribution < 1.29 is 9.53 Å². The first-order valence-corrected chi connectivity index (χ1v) is 4.79. The van der Waals surface area contributed by atoms with Crippen molar-refractivity contribution in [3.05, 3.63) is 24.3 Å². The van der Waals surface area contributed by atoms with Gasteiger partial charge in [-0.2, -0.15) is 0 Å². The standard InChI is InChI=1S/C12H14O2/c1-3-5-8-12(14-4-2)9-6-11(13)7-10-12/h6-7,9-10H,3-4H2,1-2H3. The number of ether oxygens (including phenoxy) is 1. The molecule has 1 aliphatic rings. The average molecular weight is 190 g/mol. The Hall–Kier alpha value is -1.33. The number of ketones is 1. The molecule has 0 saturated heterocycles. The van der Waals surface area contributed by atoms with Crippen LogP contribution in [0.15, 0.2) is 24.3 Å². The lowest BCUT2D eigenvalue weighted by atomic mass is 9.97. The Labute approximate surface area is 84.6 Å². The predicted octanol–water partition coefficient (Wildman–Crippen LogP) is 1.87. The molecule has 2 nitrogen and oxygen atoms in total. The van der Waals surface area contributed by atoms with Crippen LogP contribution in [-0.2, 0) is 9.53 Å². The molecular weight excluding hydrogens is 176 g/mol. The van der Waals surface area contributed by atoms with Crippen LogP contribution in [-0.4, -0.2) is 18.0 Å². The van der Waals surface area contributed by atoms with Crippen molar-refractivity contribution in [3.63, 3.8) is 0 Å². The maximum atomic E-state index is 11.0. The van der Waals surface area contributed by atoms with Gasteiger partial charge in [0.1, 0.15) is 0 Å². The fraction of sp³-hybridized carbons (Fsp3) is 0.417. The zero-order valence-corrected chi connectivity index (χ0v) is 8.54. The molecule has 1 rings (SSSR count). The number of hydrogen-bond donors (Lipinski definition) is 0. The van der Waals surface area contributed by atoms with Gasteiger partial charge >= 0.3 is 0 Å². The van der Waals surface area contributed by atoms with Gasteiger partial charge in [0.2, 0.25) is 0 Å². The zero-order valence-electron chi connectivity index (χ0n) is 8.54. The predicted molar refractivity (Wildman–Crippen MR) is 55.7 cm³/mol. The van der Waals surface area contributed by atoms with Gasteiger partial charge in [0.25, 0.3) is 0 Å². The second-order valence-corrected chi connectivity index (χ2v) is 2.95. The van der Waals surface area contributed by atoms with Gasteiger partial charge in [0.15, 0.2) is 11.4 Å². The smallest absolute Gasteiger partial charge is 0.178 e. The summed E-state index contributed by atoms with van der Waals surface area (Å²) in [6, 6.07) is 0. The zero-order chi connectivity index (χ0) is 10.4. The molecule has 0 unspecified atom stereocenters. The van der Waals surface area contributed by atoms with Gasteiger partial charge in [-0.3, -0.25) is 4.79 Å². The molecule has 0 aliphatic heterocycles. The molecule has 0 atom stereocenters. The van der Waals surface area contributed by atoms with E-state index >= 15 is 0 Å². The Bertz CT molecular complexity index is 310. The van der Waals surface area contributed by atoms with E-state index in [1.165, 1.54) is 12.2 Å². The van der Waals surface area contributed by atoms with Gasteiger partial charge in [-0.1, -0.05) is 18.8 Å². The molecule has 0 radical (unpaired) electrons. The quantitative estimate of drug-likeness (QED) is 0.621. The van der Waals surface area contributed by atoms with Crippen LogP contribution in [0.4, 0.5) is 0 Å².